The minimum atomic E-state index is -0.621. The Morgan fingerprint density at radius 3 is 2.70 bits per heavy atom. The summed E-state index contributed by atoms with van der Waals surface area (Å²) in [5, 5.41) is 0. The lowest BCUT2D eigenvalue weighted by atomic mass is 10.6. The van der Waals surface area contributed by atoms with Crippen molar-refractivity contribution >= 4 is 30.8 Å². The van der Waals surface area contributed by atoms with Gasteiger partial charge in [0.05, 0.1) is 0 Å². The van der Waals surface area contributed by atoms with Crippen molar-refractivity contribution in [3.05, 3.63) is 0 Å². The molecule has 0 aliphatic rings. The van der Waals surface area contributed by atoms with Crippen molar-refractivity contribution in [3.8, 4) is 0 Å². The monoisotopic (exact) mass is 198 g/mol. The molecule has 0 spiro atoms. The minimum absolute atomic E-state index is 0.621. The first-order chi connectivity index (χ1) is 4.85. The zero-order valence-electron chi connectivity index (χ0n) is 6.60. The van der Waals surface area contributed by atoms with Gasteiger partial charge in [-0.05, 0) is 18.7 Å². The summed E-state index contributed by atoms with van der Waals surface area (Å²) in [4.78, 5) is 0. The molecule has 10 heavy (non-hydrogen) atoms. The molecule has 1 atom stereocenters. The number of hydrogen-bond donors (Lipinski definition) is 0. The third kappa shape index (κ3) is 5.59. The first kappa shape index (κ1) is 10.8. The van der Waals surface area contributed by atoms with Crippen LogP contribution < -0.4 is 0 Å². The van der Waals surface area contributed by atoms with Crippen LogP contribution in [0, 0.1) is 0 Å². The maximum atomic E-state index is 5.57. The van der Waals surface area contributed by atoms with E-state index in [2.05, 4.69) is 6.26 Å². The maximum Gasteiger partial charge on any atom is 0.129 e. The third-order valence-electron chi connectivity index (χ3n) is 1.35. The van der Waals surface area contributed by atoms with Crippen LogP contribution in [-0.4, -0.2) is 33.4 Å². The molecule has 0 aliphatic carbocycles. The van der Waals surface area contributed by atoms with Gasteiger partial charge in [-0.2, -0.15) is 11.2 Å². The van der Waals surface area contributed by atoms with Crippen LogP contribution >= 0.6 is 22.8 Å². The highest BCUT2D eigenvalue weighted by Gasteiger charge is 2.06. The van der Waals surface area contributed by atoms with E-state index in [0.29, 0.717) is 0 Å². The number of halogens is 1. The van der Waals surface area contributed by atoms with Crippen LogP contribution in [0.25, 0.3) is 0 Å². The highest BCUT2D eigenvalue weighted by atomic mass is 35.5. The van der Waals surface area contributed by atoms with E-state index in [1.54, 1.807) is 7.11 Å². The Balaban J connectivity index is 3.21. The van der Waals surface area contributed by atoms with Gasteiger partial charge in [0.25, 0.3) is 0 Å². The fourth-order valence-electron chi connectivity index (χ4n) is 0.760. The van der Waals surface area contributed by atoms with Crippen LogP contribution in [0.3, 0.4) is 0 Å². The van der Waals surface area contributed by atoms with Crippen LogP contribution in [-0.2, 0) is 4.74 Å². The van der Waals surface area contributed by atoms with Crippen LogP contribution in [0.5, 0.6) is 0 Å². The first-order valence-corrected chi connectivity index (χ1v) is 8.29. The lowest BCUT2D eigenvalue weighted by Crippen LogP contribution is -2.15. The van der Waals surface area contributed by atoms with E-state index < -0.39 is 7.95 Å². The molecule has 0 amide bonds. The lowest BCUT2D eigenvalue weighted by Gasteiger charge is -2.09. The highest BCUT2D eigenvalue weighted by molar-refractivity contribution is 8.25. The number of methoxy groups -OCH3 is 1. The van der Waals surface area contributed by atoms with Gasteiger partial charge in [-0.1, -0.05) is 0 Å². The Bertz CT molecular complexity index is 74.8. The lowest BCUT2D eigenvalue weighted by molar-refractivity contribution is 0.250. The Morgan fingerprint density at radius 1 is 1.60 bits per heavy atom. The van der Waals surface area contributed by atoms with Crippen LogP contribution in [0.15, 0.2) is 0 Å². The molecule has 4 heteroatoms. The molecular weight excluding hydrogens is 184 g/mol. The molecule has 0 saturated heterocycles. The van der Waals surface area contributed by atoms with Crippen LogP contribution in [0.4, 0.5) is 0 Å². The van der Waals surface area contributed by atoms with Crippen LogP contribution in [0.1, 0.15) is 6.42 Å². The normalized spacial score (nSPS) is 13.5. The molecule has 0 aromatic heterocycles. The van der Waals surface area contributed by atoms with Gasteiger partial charge in [0.2, 0.25) is 0 Å². The molecule has 0 N–H and O–H groups in total. The zero-order valence-corrected chi connectivity index (χ0v) is 9.33. The fourth-order valence-corrected chi connectivity index (χ4v) is 4.77. The van der Waals surface area contributed by atoms with Crippen molar-refractivity contribution in [2.24, 2.45) is 0 Å². The van der Waals surface area contributed by atoms with E-state index in [0.717, 1.165) is 18.5 Å². The fraction of sp³-hybridized carbons (Fsp3) is 1.00. The Morgan fingerprint density at radius 2 is 2.30 bits per heavy atom. The van der Waals surface area contributed by atoms with Crippen molar-refractivity contribution in [2.45, 2.75) is 12.5 Å². The van der Waals surface area contributed by atoms with Crippen molar-refractivity contribution in [2.75, 3.05) is 25.5 Å². The second-order valence-corrected chi connectivity index (χ2v) is 8.56. The summed E-state index contributed by atoms with van der Waals surface area (Å²) in [5.74, 6) is 0.799. The van der Waals surface area contributed by atoms with Gasteiger partial charge >= 0.3 is 0 Å². The average molecular weight is 199 g/mol. The van der Waals surface area contributed by atoms with Crippen molar-refractivity contribution in [3.63, 3.8) is 0 Å². The van der Waals surface area contributed by atoms with E-state index in [4.69, 9.17) is 16.3 Å². The Kier molecular flexibility index (Phi) is 8.57. The molecule has 0 aromatic rings. The van der Waals surface area contributed by atoms with Crippen LogP contribution in [0.2, 0.25) is 6.04 Å². The molecule has 1 unspecified atom stereocenters. The molecule has 0 aliphatic heterocycles. The molecule has 1 nitrogen and oxygen atoms in total. The van der Waals surface area contributed by atoms with Crippen molar-refractivity contribution in [1.29, 1.82) is 0 Å². The molecule has 0 saturated carbocycles. The summed E-state index contributed by atoms with van der Waals surface area (Å²) in [6, 6.07) is 1.30. The van der Waals surface area contributed by atoms with E-state index >= 15 is 0 Å². The standard InChI is InChI=1S/C6H15ClOSSi/c1-8-6-10(9-2)5-3-4-7/h10H,3-6H2,1-2H3. The summed E-state index contributed by atoms with van der Waals surface area (Å²) in [5.41, 5.74) is 0. The number of hydrogen-bond acceptors (Lipinski definition) is 2. The molecule has 0 aromatic carbocycles. The van der Waals surface area contributed by atoms with E-state index in [9.17, 15) is 0 Å². The summed E-state index contributed by atoms with van der Waals surface area (Å²) in [7, 11) is 1.15. The molecule has 62 valence electrons. The van der Waals surface area contributed by atoms with Gasteiger partial charge in [0.15, 0.2) is 0 Å². The molecule has 0 bridgehead atoms. The minimum Gasteiger partial charge on any atom is -0.387 e. The Labute approximate surface area is 73.7 Å². The van der Waals surface area contributed by atoms with Gasteiger partial charge in [-0.15, -0.1) is 11.6 Å². The summed E-state index contributed by atoms with van der Waals surface area (Å²) in [6.07, 6.45) is 4.31. The summed E-state index contributed by atoms with van der Waals surface area (Å²) >= 11 is 7.56. The SMILES string of the molecule is COC[SiH](CCCCl)SC. The molecule has 0 heterocycles. The second kappa shape index (κ2) is 7.92. The van der Waals surface area contributed by atoms with Gasteiger partial charge in [0, 0.05) is 19.2 Å². The second-order valence-electron chi connectivity index (χ2n) is 2.14. The van der Waals surface area contributed by atoms with Gasteiger partial charge in [-0.25, -0.2) is 0 Å². The topological polar surface area (TPSA) is 9.23 Å². The third-order valence-corrected chi connectivity index (χ3v) is 7.15. The number of ether oxygens (including phenoxy) is 1. The molecule has 0 radical (unpaired) electrons. The largest absolute Gasteiger partial charge is 0.387 e. The zero-order chi connectivity index (χ0) is 7.82. The summed E-state index contributed by atoms with van der Waals surface area (Å²) in [6.45, 7) is 0. The Hall–Kier alpha value is 0.817. The summed E-state index contributed by atoms with van der Waals surface area (Å²) < 4.78 is 5.09. The van der Waals surface area contributed by atoms with Gasteiger partial charge < -0.3 is 4.74 Å². The smallest absolute Gasteiger partial charge is 0.129 e. The average Bonchev–Trinajstić information content (AvgIpc) is 1.98. The first-order valence-electron chi connectivity index (χ1n) is 3.42. The van der Waals surface area contributed by atoms with Crippen molar-refractivity contribution in [1.82, 2.24) is 0 Å². The molecule has 0 rings (SSSR count). The highest BCUT2D eigenvalue weighted by Crippen LogP contribution is 2.10. The van der Waals surface area contributed by atoms with Crippen molar-refractivity contribution < 1.29 is 4.74 Å². The number of alkyl halides is 1. The predicted molar refractivity (Wildman–Crippen MR) is 52.7 cm³/mol. The van der Waals surface area contributed by atoms with E-state index in [1.165, 1.54) is 6.04 Å². The van der Waals surface area contributed by atoms with E-state index in [1.807, 2.05) is 11.2 Å². The molecular formula is C6H15ClOSSi. The van der Waals surface area contributed by atoms with E-state index in [-0.39, 0.29) is 0 Å². The maximum absolute atomic E-state index is 5.57. The number of rotatable bonds is 6. The quantitative estimate of drug-likeness (QED) is 0.476. The predicted octanol–water partition coefficient (Wildman–Crippen LogP) is 1.89. The van der Waals surface area contributed by atoms with Gasteiger partial charge in [0.1, 0.15) is 7.95 Å². The van der Waals surface area contributed by atoms with Gasteiger partial charge in [-0.3, -0.25) is 0 Å². The molecule has 0 fully saturated rings.